The molecule has 0 fully saturated rings. The number of nitrogens with zero attached hydrogens (tertiary/aromatic N) is 1. The maximum Gasteiger partial charge on any atom is 0.0598 e. The molecule has 0 N–H and O–H groups in total. The Morgan fingerprint density at radius 1 is 1.25 bits per heavy atom. The normalized spacial score (nSPS) is 26.4. The quantitative estimate of drug-likeness (QED) is 0.607. The van der Waals surface area contributed by atoms with Crippen molar-refractivity contribution in [2.45, 2.75) is 11.8 Å². The summed E-state index contributed by atoms with van der Waals surface area (Å²) >= 11 is 3.69. The van der Waals surface area contributed by atoms with Gasteiger partial charge in [0.1, 0.15) is 0 Å². The first-order valence-corrected chi connectivity index (χ1v) is 6.28. The minimum Gasteiger partial charge on any atom is -0.323 e. The van der Waals surface area contributed by atoms with E-state index >= 15 is 0 Å². The van der Waals surface area contributed by atoms with E-state index in [1.54, 1.807) is 0 Å². The number of halogens is 1. The summed E-state index contributed by atoms with van der Waals surface area (Å²) in [7, 11) is 0. The number of hydrogen-bond donors (Lipinski definition) is 0. The van der Waals surface area contributed by atoms with Crippen molar-refractivity contribution in [3.8, 4) is 0 Å². The summed E-state index contributed by atoms with van der Waals surface area (Å²) in [4.78, 5) is 2.51. The van der Waals surface area contributed by atoms with Gasteiger partial charge in [-0.05, 0) is 35.8 Å². The summed E-state index contributed by atoms with van der Waals surface area (Å²) in [6, 6.07) is 0. The molecule has 0 aromatic carbocycles. The van der Waals surface area contributed by atoms with E-state index in [-0.39, 0.29) is 0 Å². The van der Waals surface area contributed by atoms with Gasteiger partial charge in [-0.15, -0.1) is 0 Å². The van der Waals surface area contributed by atoms with E-state index in [0.29, 0.717) is 4.83 Å². The molecule has 0 aromatic heterocycles. The van der Waals surface area contributed by atoms with Crippen LogP contribution in [0, 0.1) is 0 Å². The largest absolute Gasteiger partial charge is 0.323 e. The molecule has 1 atom stereocenters. The molecule has 16 heavy (non-hydrogen) atoms. The maximum atomic E-state index is 3.69. The Bertz CT molecular complexity index is 515. The first-order valence-electron chi connectivity index (χ1n) is 5.36. The third-order valence-electron chi connectivity index (χ3n) is 3.11. The number of fused-ring (bicyclic) bond motifs is 2. The highest BCUT2D eigenvalue weighted by Gasteiger charge is 2.24. The second-order valence-corrected chi connectivity index (χ2v) is 5.06. The molecule has 0 bridgehead atoms. The van der Waals surface area contributed by atoms with Gasteiger partial charge in [-0.1, -0.05) is 40.2 Å². The van der Waals surface area contributed by atoms with Crippen LogP contribution >= 0.6 is 15.9 Å². The van der Waals surface area contributed by atoms with Crippen molar-refractivity contribution in [1.29, 1.82) is 0 Å². The Labute approximate surface area is 104 Å². The van der Waals surface area contributed by atoms with Gasteiger partial charge >= 0.3 is 0 Å². The minimum atomic E-state index is 0.323. The molecule has 1 nitrogen and oxygen atoms in total. The van der Waals surface area contributed by atoms with E-state index < -0.39 is 0 Å². The second kappa shape index (κ2) is 3.63. The van der Waals surface area contributed by atoms with Crippen LogP contribution in [0.4, 0.5) is 0 Å². The predicted octanol–water partition coefficient (Wildman–Crippen LogP) is 3.80. The zero-order valence-electron chi connectivity index (χ0n) is 9.02. The second-order valence-electron chi connectivity index (χ2n) is 4.07. The highest BCUT2D eigenvalue weighted by atomic mass is 79.9. The van der Waals surface area contributed by atoms with Crippen LogP contribution in [0.25, 0.3) is 0 Å². The van der Waals surface area contributed by atoms with Gasteiger partial charge in [-0.3, -0.25) is 0 Å². The molecule has 2 aliphatic heterocycles. The van der Waals surface area contributed by atoms with Crippen molar-refractivity contribution >= 4 is 15.9 Å². The fraction of sp³-hybridized carbons (Fsp3) is 0.143. The summed E-state index contributed by atoms with van der Waals surface area (Å²) in [5.41, 5.74) is 5.29. The maximum absolute atomic E-state index is 3.69. The van der Waals surface area contributed by atoms with E-state index in [4.69, 9.17) is 0 Å². The van der Waals surface area contributed by atoms with Gasteiger partial charge in [0, 0.05) is 18.1 Å². The number of rotatable bonds is 0. The fourth-order valence-electron chi connectivity index (χ4n) is 2.25. The third kappa shape index (κ3) is 1.37. The molecule has 0 aromatic rings. The predicted molar refractivity (Wildman–Crippen MR) is 70.8 cm³/mol. The van der Waals surface area contributed by atoms with Crippen molar-refractivity contribution in [2.24, 2.45) is 0 Å². The van der Waals surface area contributed by atoms with Crippen LogP contribution in [0.3, 0.4) is 0 Å². The first kappa shape index (κ1) is 9.91. The van der Waals surface area contributed by atoms with Crippen molar-refractivity contribution in [3.05, 3.63) is 71.3 Å². The van der Waals surface area contributed by atoms with Crippen LogP contribution in [-0.4, -0.2) is 9.73 Å². The Morgan fingerprint density at radius 3 is 3.00 bits per heavy atom. The topological polar surface area (TPSA) is 3.24 Å². The van der Waals surface area contributed by atoms with Gasteiger partial charge in [0.2, 0.25) is 0 Å². The van der Waals surface area contributed by atoms with E-state index in [2.05, 4.69) is 76.6 Å². The summed E-state index contributed by atoms with van der Waals surface area (Å²) in [5, 5.41) is 0. The number of hydrogen-bond acceptors (Lipinski definition) is 1. The molecule has 0 radical (unpaired) electrons. The third-order valence-corrected chi connectivity index (χ3v) is 3.91. The Hall–Kier alpha value is -1.28. The molecule has 0 spiro atoms. The summed E-state index contributed by atoms with van der Waals surface area (Å²) in [6.45, 7) is 2.18. The molecule has 0 saturated carbocycles. The van der Waals surface area contributed by atoms with Crippen LogP contribution in [0.5, 0.6) is 0 Å². The molecule has 3 rings (SSSR count). The van der Waals surface area contributed by atoms with Crippen LogP contribution in [-0.2, 0) is 0 Å². The lowest BCUT2D eigenvalue weighted by Crippen LogP contribution is -2.22. The fourth-order valence-corrected chi connectivity index (χ4v) is 2.80. The highest BCUT2D eigenvalue weighted by Crippen LogP contribution is 2.38. The first-order chi connectivity index (χ1) is 7.77. The van der Waals surface area contributed by atoms with E-state index in [1.807, 2.05) is 0 Å². The zero-order chi connectivity index (χ0) is 11.1. The molecule has 2 heterocycles. The minimum absolute atomic E-state index is 0.323. The van der Waals surface area contributed by atoms with Crippen molar-refractivity contribution in [3.63, 3.8) is 0 Å². The van der Waals surface area contributed by atoms with Crippen LogP contribution < -0.4 is 0 Å². The van der Waals surface area contributed by atoms with Gasteiger partial charge in [-0.25, -0.2) is 0 Å². The van der Waals surface area contributed by atoms with Crippen LogP contribution in [0.15, 0.2) is 71.3 Å². The molecule has 1 aliphatic carbocycles. The number of allylic oxidation sites excluding steroid dienone is 9. The van der Waals surface area contributed by atoms with Gasteiger partial charge < -0.3 is 4.90 Å². The molecular weight excluding hydrogens is 262 g/mol. The number of alkyl halides is 1. The van der Waals surface area contributed by atoms with Crippen molar-refractivity contribution < 1.29 is 0 Å². The lowest BCUT2D eigenvalue weighted by Gasteiger charge is -2.32. The Morgan fingerprint density at radius 2 is 2.12 bits per heavy atom. The summed E-state index contributed by atoms with van der Waals surface area (Å²) in [5.74, 6) is 0. The molecule has 3 aliphatic rings. The van der Waals surface area contributed by atoms with Gasteiger partial charge in [0.05, 0.1) is 4.83 Å². The summed E-state index contributed by atoms with van der Waals surface area (Å²) < 4.78 is 0. The SMILES string of the molecule is CC1=C2C=CC=CN2C=C2C1=CC=CC2Br. The molecule has 1 unspecified atom stereocenters. The standard InChI is InChI=1S/C14H12BrN/c1-10-11-5-4-6-13(15)12(11)9-16-8-3-2-7-14(10)16/h2-9,13H,1H3. The summed E-state index contributed by atoms with van der Waals surface area (Å²) in [6.07, 6.45) is 17.1. The monoisotopic (exact) mass is 273 g/mol. The van der Waals surface area contributed by atoms with Crippen molar-refractivity contribution in [1.82, 2.24) is 4.90 Å². The van der Waals surface area contributed by atoms with Gasteiger partial charge in [-0.2, -0.15) is 0 Å². The van der Waals surface area contributed by atoms with Gasteiger partial charge in [0.15, 0.2) is 0 Å². The highest BCUT2D eigenvalue weighted by molar-refractivity contribution is 9.09. The van der Waals surface area contributed by atoms with E-state index in [0.717, 1.165) is 0 Å². The van der Waals surface area contributed by atoms with E-state index in [9.17, 15) is 0 Å². The van der Waals surface area contributed by atoms with Crippen LogP contribution in [0.1, 0.15) is 6.92 Å². The molecule has 2 heteroatoms. The molecule has 0 saturated heterocycles. The average Bonchev–Trinajstić information content (AvgIpc) is 2.31. The molecular formula is C14H12BrN. The van der Waals surface area contributed by atoms with Crippen molar-refractivity contribution in [2.75, 3.05) is 0 Å². The molecule has 80 valence electrons. The Kier molecular flexibility index (Phi) is 2.25. The Balaban J connectivity index is 2.16. The van der Waals surface area contributed by atoms with Gasteiger partial charge in [0.25, 0.3) is 0 Å². The van der Waals surface area contributed by atoms with E-state index in [1.165, 1.54) is 22.4 Å². The average molecular weight is 274 g/mol. The lowest BCUT2D eigenvalue weighted by molar-refractivity contribution is 0.619. The smallest absolute Gasteiger partial charge is 0.0598 e. The zero-order valence-corrected chi connectivity index (χ0v) is 10.6. The lowest BCUT2D eigenvalue weighted by atomic mass is 9.89. The molecule has 0 amide bonds. The van der Waals surface area contributed by atoms with Crippen LogP contribution in [0.2, 0.25) is 0 Å².